The van der Waals surface area contributed by atoms with E-state index >= 15 is 0 Å². The molecule has 0 aliphatic rings. The Labute approximate surface area is 245 Å². The van der Waals surface area contributed by atoms with Crippen molar-refractivity contribution in [3.05, 3.63) is 138 Å². The molecule has 0 N–H and O–H groups in total. The lowest BCUT2D eigenvalue weighted by molar-refractivity contribution is 0.673. The van der Waals surface area contributed by atoms with Crippen molar-refractivity contribution >= 4 is 71.2 Å². The van der Waals surface area contributed by atoms with Crippen LogP contribution in [0.15, 0.2) is 126 Å². The highest BCUT2D eigenvalue weighted by molar-refractivity contribution is 6.24. The van der Waals surface area contributed by atoms with Gasteiger partial charge in [-0.25, -0.2) is 4.85 Å². The molecule has 9 rings (SSSR count). The molecule has 0 aliphatic carbocycles. The molecule has 0 amide bonds. The number of fused-ring (bicyclic) bond motifs is 10. The standard InChI is InChI=1S/C38H20N4O/c1-40-29-19-21-33(28(22-39)37(29)42-30-14-6-2-10-23(30)24-11-3-7-15-31(24)42)41-32-16-8-4-13-27(32)36-34(41)20-18-26-25-12-5-9-17-35(25)43-38(26)36/h2-21H. The predicted molar refractivity (Wildman–Crippen MR) is 173 cm³/mol. The monoisotopic (exact) mass is 548 g/mol. The molecule has 0 saturated carbocycles. The maximum atomic E-state index is 10.9. The second-order valence-corrected chi connectivity index (χ2v) is 10.7. The van der Waals surface area contributed by atoms with Gasteiger partial charge in [0.1, 0.15) is 17.2 Å². The number of nitrogens with zero attached hydrogens (tertiary/aromatic N) is 4. The first-order chi connectivity index (χ1) is 21.3. The van der Waals surface area contributed by atoms with Crippen LogP contribution in [0.5, 0.6) is 0 Å². The summed E-state index contributed by atoms with van der Waals surface area (Å²) in [5.41, 5.74) is 7.64. The Morgan fingerprint density at radius 3 is 1.86 bits per heavy atom. The predicted octanol–water partition coefficient (Wildman–Crippen LogP) is 10.2. The summed E-state index contributed by atoms with van der Waals surface area (Å²) in [6.07, 6.45) is 0. The van der Waals surface area contributed by atoms with Crippen molar-refractivity contribution < 1.29 is 4.42 Å². The topological polar surface area (TPSA) is 51.1 Å². The molecule has 0 radical (unpaired) electrons. The highest BCUT2D eigenvalue weighted by Gasteiger charge is 2.24. The minimum absolute atomic E-state index is 0.423. The van der Waals surface area contributed by atoms with E-state index in [4.69, 9.17) is 11.0 Å². The zero-order valence-electron chi connectivity index (χ0n) is 22.7. The third-order valence-corrected chi connectivity index (χ3v) is 8.59. The summed E-state index contributed by atoms with van der Waals surface area (Å²) < 4.78 is 10.7. The Morgan fingerprint density at radius 1 is 0.581 bits per heavy atom. The van der Waals surface area contributed by atoms with Gasteiger partial charge in [0, 0.05) is 26.9 Å². The van der Waals surface area contributed by atoms with Crippen LogP contribution < -0.4 is 0 Å². The summed E-state index contributed by atoms with van der Waals surface area (Å²) in [4.78, 5) is 3.91. The normalized spacial score (nSPS) is 11.7. The molecule has 0 bridgehead atoms. The molecule has 0 aliphatic heterocycles. The molecule has 43 heavy (non-hydrogen) atoms. The number of rotatable bonds is 2. The lowest BCUT2D eigenvalue weighted by Crippen LogP contribution is -2.04. The second kappa shape index (κ2) is 8.60. The zero-order chi connectivity index (χ0) is 28.7. The molecule has 0 spiro atoms. The summed E-state index contributed by atoms with van der Waals surface area (Å²) in [6, 6.07) is 43.1. The van der Waals surface area contributed by atoms with Crippen molar-refractivity contribution in [1.29, 1.82) is 5.26 Å². The minimum atomic E-state index is 0.423. The quantitative estimate of drug-likeness (QED) is 0.202. The summed E-state index contributed by atoms with van der Waals surface area (Å²) in [5.74, 6) is 0. The van der Waals surface area contributed by atoms with Crippen molar-refractivity contribution in [2.45, 2.75) is 0 Å². The second-order valence-electron chi connectivity index (χ2n) is 10.7. The molecule has 5 nitrogen and oxygen atoms in total. The van der Waals surface area contributed by atoms with Crippen molar-refractivity contribution in [1.82, 2.24) is 9.13 Å². The van der Waals surface area contributed by atoms with Gasteiger partial charge in [-0.3, -0.25) is 0 Å². The molecule has 3 heterocycles. The lowest BCUT2D eigenvalue weighted by Gasteiger charge is -2.17. The van der Waals surface area contributed by atoms with Crippen LogP contribution in [0.1, 0.15) is 5.56 Å². The molecule has 5 heteroatoms. The van der Waals surface area contributed by atoms with E-state index in [1.165, 1.54) is 0 Å². The van der Waals surface area contributed by atoms with E-state index in [1.54, 1.807) is 0 Å². The van der Waals surface area contributed by atoms with E-state index in [9.17, 15) is 5.26 Å². The van der Waals surface area contributed by atoms with E-state index < -0.39 is 0 Å². The van der Waals surface area contributed by atoms with Gasteiger partial charge in [0.25, 0.3) is 0 Å². The molecule has 0 saturated heterocycles. The van der Waals surface area contributed by atoms with Crippen LogP contribution in [0.2, 0.25) is 0 Å². The van der Waals surface area contributed by atoms with Crippen molar-refractivity contribution in [3.63, 3.8) is 0 Å². The molecule has 0 unspecified atom stereocenters. The molecule has 6 aromatic carbocycles. The van der Waals surface area contributed by atoms with Gasteiger partial charge in [-0.05, 0) is 42.5 Å². The third-order valence-electron chi connectivity index (χ3n) is 8.59. The van der Waals surface area contributed by atoms with Crippen molar-refractivity contribution in [2.24, 2.45) is 0 Å². The van der Waals surface area contributed by atoms with Crippen LogP contribution in [0.3, 0.4) is 0 Å². The average molecular weight is 549 g/mol. The van der Waals surface area contributed by atoms with Gasteiger partial charge in [0.15, 0.2) is 0 Å². The fourth-order valence-corrected chi connectivity index (χ4v) is 6.84. The number of hydrogen-bond donors (Lipinski definition) is 0. The summed E-state index contributed by atoms with van der Waals surface area (Å²) in [5, 5.41) is 17.2. The van der Waals surface area contributed by atoms with E-state index in [0.717, 1.165) is 65.6 Å². The number of hydrogen-bond acceptors (Lipinski definition) is 2. The molecular formula is C38H20N4O. The molecule has 9 aromatic rings. The summed E-state index contributed by atoms with van der Waals surface area (Å²) >= 11 is 0. The van der Waals surface area contributed by atoms with Crippen LogP contribution >= 0.6 is 0 Å². The van der Waals surface area contributed by atoms with Gasteiger partial charge < -0.3 is 13.6 Å². The molecule has 3 aromatic heterocycles. The molecule has 198 valence electrons. The van der Waals surface area contributed by atoms with Gasteiger partial charge in [-0.1, -0.05) is 78.9 Å². The molecule has 0 atom stereocenters. The molecular weight excluding hydrogens is 528 g/mol. The Kier molecular flexibility index (Phi) is 4.68. The smallest absolute Gasteiger partial charge is 0.212 e. The Morgan fingerprint density at radius 2 is 1.19 bits per heavy atom. The number of furan rings is 1. The Hall–Kier alpha value is -6.30. The fourth-order valence-electron chi connectivity index (χ4n) is 6.84. The third kappa shape index (κ3) is 3.03. The largest absolute Gasteiger partial charge is 0.455 e. The summed E-state index contributed by atoms with van der Waals surface area (Å²) in [6.45, 7) is 8.11. The summed E-state index contributed by atoms with van der Waals surface area (Å²) in [7, 11) is 0. The van der Waals surface area contributed by atoms with Crippen LogP contribution in [-0.2, 0) is 0 Å². The Bertz CT molecular complexity index is 2650. The maximum Gasteiger partial charge on any atom is 0.212 e. The number of benzene rings is 6. The van der Waals surface area contributed by atoms with Crippen LogP contribution in [0, 0.1) is 17.9 Å². The maximum absolute atomic E-state index is 10.9. The van der Waals surface area contributed by atoms with Gasteiger partial charge in [0.05, 0.1) is 51.0 Å². The van der Waals surface area contributed by atoms with Crippen LogP contribution in [0.4, 0.5) is 5.69 Å². The van der Waals surface area contributed by atoms with Gasteiger partial charge in [-0.2, -0.15) is 5.26 Å². The van der Waals surface area contributed by atoms with Crippen LogP contribution in [0.25, 0.3) is 81.8 Å². The number of para-hydroxylation sites is 4. The minimum Gasteiger partial charge on any atom is -0.455 e. The average Bonchev–Trinajstić information content (AvgIpc) is 3.71. The van der Waals surface area contributed by atoms with Crippen LogP contribution in [-0.4, -0.2) is 9.13 Å². The molecule has 0 fully saturated rings. The van der Waals surface area contributed by atoms with E-state index in [1.807, 2.05) is 66.7 Å². The van der Waals surface area contributed by atoms with E-state index in [0.29, 0.717) is 22.6 Å². The highest BCUT2D eigenvalue weighted by Crippen LogP contribution is 2.43. The van der Waals surface area contributed by atoms with Gasteiger partial charge in [0.2, 0.25) is 5.69 Å². The Balaban J connectivity index is 1.45. The van der Waals surface area contributed by atoms with E-state index in [2.05, 4.69) is 74.6 Å². The number of aromatic nitrogens is 2. The lowest BCUT2D eigenvalue weighted by atomic mass is 10.1. The van der Waals surface area contributed by atoms with E-state index in [-0.39, 0.29) is 0 Å². The highest BCUT2D eigenvalue weighted by atomic mass is 16.3. The van der Waals surface area contributed by atoms with Crippen molar-refractivity contribution in [3.8, 4) is 17.4 Å². The SMILES string of the molecule is [C-]#[N+]c1ccc(-n2c3ccccc3c3c4oc5ccccc5c4ccc32)c(C#N)c1-n1c2ccccc2c2ccccc21. The van der Waals surface area contributed by atoms with Gasteiger partial charge >= 0.3 is 0 Å². The van der Waals surface area contributed by atoms with Gasteiger partial charge in [-0.15, -0.1) is 0 Å². The first-order valence-electron chi connectivity index (χ1n) is 14.1. The fraction of sp³-hybridized carbons (Fsp3) is 0. The zero-order valence-corrected chi connectivity index (χ0v) is 22.7. The van der Waals surface area contributed by atoms with Crippen molar-refractivity contribution in [2.75, 3.05) is 0 Å². The first kappa shape index (κ1) is 23.4. The number of nitriles is 1. The first-order valence-corrected chi connectivity index (χ1v) is 14.1.